The van der Waals surface area contributed by atoms with Crippen LogP contribution in [0.25, 0.3) is 0 Å². The fourth-order valence-electron chi connectivity index (χ4n) is 1.67. The normalized spacial score (nSPS) is 12.1. The fourth-order valence-corrected chi connectivity index (χ4v) is 1.67. The number of benzene rings is 2. The van der Waals surface area contributed by atoms with Crippen LogP contribution in [-0.2, 0) is 0 Å². The van der Waals surface area contributed by atoms with Gasteiger partial charge in [-0.25, -0.2) is 0 Å². The first-order valence-electron chi connectivity index (χ1n) is 5.54. The molecule has 0 bridgehead atoms. The number of rotatable bonds is 3. The number of aryl methyl sites for hydroxylation is 1. The van der Waals surface area contributed by atoms with Crippen molar-refractivity contribution in [3.05, 3.63) is 65.7 Å². The number of para-hydroxylation sites is 1. The molecule has 1 nitrogen and oxygen atoms in total. The second-order valence-electron chi connectivity index (χ2n) is 3.94. The lowest BCUT2D eigenvalue weighted by atomic mass is 10.1. The highest BCUT2D eigenvalue weighted by Crippen LogP contribution is 2.24. The summed E-state index contributed by atoms with van der Waals surface area (Å²) in [6.07, 6.45) is 0.0855. The molecule has 16 heavy (non-hydrogen) atoms. The standard InChI is InChI=1S/C15H16O/c1-12-8-6-7-11-15(12)16-13(2)14-9-4-3-5-10-14/h3-11,13H,1-2H3. The Morgan fingerprint density at radius 1 is 0.875 bits per heavy atom. The Morgan fingerprint density at radius 3 is 2.19 bits per heavy atom. The molecule has 0 saturated carbocycles. The highest BCUT2D eigenvalue weighted by Gasteiger charge is 2.07. The van der Waals surface area contributed by atoms with Crippen LogP contribution in [0, 0.1) is 6.92 Å². The second-order valence-corrected chi connectivity index (χ2v) is 3.94. The summed E-state index contributed by atoms with van der Waals surface area (Å²) in [5.74, 6) is 0.957. The summed E-state index contributed by atoms with van der Waals surface area (Å²) in [6, 6.07) is 18.4. The molecule has 0 heterocycles. The van der Waals surface area contributed by atoms with Crippen LogP contribution in [0.4, 0.5) is 0 Å². The van der Waals surface area contributed by atoms with E-state index in [9.17, 15) is 0 Å². The SMILES string of the molecule is Cc1ccccc1OC(C)c1ccccc1. The van der Waals surface area contributed by atoms with Crippen molar-refractivity contribution in [2.24, 2.45) is 0 Å². The molecule has 0 N–H and O–H groups in total. The molecule has 2 rings (SSSR count). The third-order valence-corrected chi connectivity index (χ3v) is 2.67. The van der Waals surface area contributed by atoms with Gasteiger partial charge in [0.25, 0.3) is 0 Å². The van der Waals surface area contributed by atoms with Crippen LogP contribution >= 0.6 is 0 Å². The topological polar surface area (TPSA) is 9.23 Å². The van der Waals surface area contributed by atoms with Gasteiger partial charge < -0.3 is 4.74 Å². The molecule has 0 aliphatic rings. The molecule has 0 aliphatic heterocycles. The van der Waals surface area contributed by atoms with E-state index in [-0.39, 0.29) is 6.10 Å². The van der Waals surface area contributed by atoms with Crippen molar-refractivity contribution in [1.82, 2.24) is 0 Å². The largest absolute Gasteiger partial charge is 0.486 e. The van der Waals surface area contributed by atoms with Gasteiger partial charge in [-0.2, -0.15) is 0 Å². The molecular weight excluding hydrogens is 196 g/mol. The van der Waals surface area contributed by atoms with E-state index in [0.717, 1.165) is 5.75 Å². The van der Waals surface area contributed by atoms with Crippen LogP contribution in [0.1, 0.15) is 24.2 Å². The van der Waals surface area contributed by atoms with Gasteiger partial charge in [0.05, 0.1) is 0 Å². The highest BCUT2D eigenvalue weighted by molar-refractivity contribution is 5.32. The zero-order valence-corrected chi connectivity index (χ0v) is 9.68. The summed E-state index contributed by atoms with van der Waals surface area (Å²) >= 11 is 0. The van der Waals surface area contributed by atoms with E-state index in [1.54, 1.807) is 0 Å². The second kappa shape index (κ2) is 4.84. The maximum Gasteiger partial charge on any atom is 0.123 e. The molecule has 1 atom stereocenters. The number of hydrogen-bond donors (Lipinski definition) is 0. The van der Waals surface area contributed by atoms with Crippen molar-refractivity contribution >= 4 is 0 Å². The zero-order valence-electron chi connectivity index (χ0n) is 9.68. The maximum absolute atomic E-state index is 5.93. The van der Waals surface area contributed by atoms with Crippen LogP contribution in [0.15, 0.2) is 54.6 Å². The third-order valence-electron chi connectivity index (χ3n) is 2.67. The van der Waals surface area contributed by atoms with Gasteiger partial charge >= 0.3 is 0 Å². The minimum Gasteiger partial charge on any atom is -0.486 e. The van der Waals surface area contributed by atoms with E-state index in [1.165, 1.54) is 11.1 Å². The van der Waals surface area contributed by atoms with E-state index in [2.05, 4.69) is 32.0 Å². The third kappa shape index (κ3) is 2.43. The summed E-state index contributed by atoms with van der Waals surface area (Å²) < 4.78 is 5.93. The summed E-state index contributed by atoms with van der Waals surface area (Å²) in [5.41, 5.74) is 2.37. The lowest BCUT2D eigenvalue weighted by Gasteiger charge is -2.16. The lowest BCUT2D eigenvalue weighted by Crippen LogP contribution is -2.03. The Morgan fingerprint density at radius 2 is 1.50 bits per heavy atom. The van der Waals surface area contributed by atoms with Crippen LogP contribution in [0.3, 0.4) is 0 Å². The lowest BCUT2D eigenvalue weighted by molar-refractivity contribution is 0.225. The van der Waals surface area contributed by atoms with Crippen molar-refractivity contribution in [3.8, 4) is 5.75 Å². The predicted molar refractivity (Wildman–Crippen MR) is 66.7 cm³/mol. The Hall–Kier alpha value is -1.76. The molecule has 0 fully saturated rings. The minimum atomic E-state index is 0.0855. The minimum absolute atomic E-state index is 0.0855. The van der Waals surface area contributed by atoms with Gasteiger partial charge in [-0.15, -0.1) is 0 Å². The average Bonchev–Trinajstić information content (AvgIpc) is 2.33. The first-order chi connectivity index (χ1) is 7.77. The maximum atomic E-state index is 5.93. The molecule has 1 unspecified atom stereocenters. The zero-order chi connectivity index (χ0) is 11.4. The van der Waals surface area contributed by atoms with Crippen LogP contribution in [-0.4, -0.2) is 0 Å². The number of ether oxygens (including phenoxy) is 1. The van der Waals surface area contributed by atoms with E-state index in [0.29, 0.717) is 0 Å². The average molecular weight is 212 g/mol. The van der Waals surface area contributed by atoms with Crippen molar-refractivity contribution in [2.75, 3.05) is 0 Å². The van der Waals surface area contributed by atoms with E-state index >= 15 is 0 Å². The molecule has 0 radical (unpaired) electrons. The first kappa shape index (κ1) is 10.7. The monoisotopic (exact) mass is 212 g/mol. The van der Waals surface area contributed by atoms with Crippen molar-refractivity contribution in [1.29, 1.82) is 0 Å². The molecule has 0 saturated heterocycles. The van der Waals surface area contributed by atoms with E-state index in [4.69, 9.17) is 4.74 Å². The molecule has 1 heteroatoms. The van der Waals surface area contributed by atoms with Gasteiger partial charge in [0.15, 0.2) is 0 Å². The van der Waals surface area contributed by atoms with Crippen LogP contribution < -0.4 is 4.74 Å². The Labute approximate surface area is 96.7 Å². The van der Waals surface area contributed by atoms with Gasteiger partial charge in [0, 0.05) is 0 Å². The Balaban J connectivity index is 2.14. The smallest absolute Gasteiger partial charge is 0.123 e. The number of hydrogen-bond acceptors (Lipinski definition) is 1. The van der Waals surface area contributed by atoms with Gasteiger partial charge in [-0.1, -0.05) is 48.5 Å². The summed E-state index contributed by atoms with van der Waals surface area (Å²) in [4.78, 5) is 0. The van der Waals surface area contributed by atoms with Gasteiger partial charge in [0.2, 0.25) is 0 Å². The molecule has 0 spiro atoms. The van der Waals surface area contributed by atoms with E-state index < -0.39 is 0 Å². The molecule has 2 aromatic rings. The Bertz CT molecular complexity index is 448. The molecule has 2 aromatic carbocycles. The Kier molecular flexibility index (Phi) is 3.25. The van der Waals surface area contributed by atoms with Crippen LogP contribution in [0.2, 0.25) is 0 Å². The van der Waals surface area contributed by atoms with E-state index in [1.807, 2.05) is 36.4 Å². The first-order valence-corrected chi connectivity index (χ1v) is 5.54. The van der Waals surface area contributed by atoms with Gasteiger partial charge in [-0.05, 0) is 31.0 Å². The van der Waals surface area contributed by atoms with Crippen molar-refractivity contribution < 1.29 is 4.74 Å². The predicted octanol–water partition coefficient (Wildman–Crippen LogP) is 4.14. The quantitative estimate of drug-likeness (QED) is 0.743. The summed E-state index contributed by atoms with van der Waals surface area (Å²) in [6.45, 7) is 4.13. The van der Waals surface area contributed by atoms with Crippen molar-refractivity contribution in [3.63, 3.8) is 0 Å². The molecule has 0 aromatic heterocycles. The summed E-state index contributed by atoms with van der Waals surface area (Å²) in [7, 11) is 0. The molecule has 0 aliphatic carbocycles. The van der Waals surface area contributed by atoms with Gasteiger partial charge in [-0.3, -0.25) is 0 Å². The van der Waals surface area contributed by atoms with Crippen LogP contribution in [0.5, 0.6) is 5.75 Å². The molecule has 0 amide bonds. The molecule has 82 valence electrons. The van der Waals surface area contributed by atoms with Gasteiger partial charge in [0.1, 0.15) is 11.9 Å². The highest BCUT2D eigenvalue weighted by atomic mass is 16.5. The molecular formula is C15H16O. The van der Waals surface area contributed by atoms with Crippen molar-refractivity contribution in [2.45, 2.75) is 20.0 Å². The summed E-state index contributed by atoms with van der Waals surface area (Å²) in [5, 5.41) is 0. The fraction of sp³-hybridized carbons (Fsp3) is 0.200.